The highest BCUT2D eigenvalue weighted by Crippen LogP contribution is 2.11. The monoisotopic (exact) mass is 292 g/mol. The number of rotatable bonds is 6. The third kappa shape index (κ3) is 5.12. The summed E-state index contributed by atoms with van der Waals surface area (Å²) in [7, 11) is 0. The highest BCUT2D eigenvalue weighted by molar-refractivity contribution is 5.76. The summed E-state index contributed by atoms with van der Waals surface area (Å²) < 4.78 is 5.56. The summed E-state index contributed by atoms with van der Waals surface area (Å²) in [6.07, 6.45) is 1.22. The molecule has 1 aliphatic heterocycles. The number of hydrogen-bond donors (Lipinski definition) is 2. The summed E-state index contributed by atoms with van der Waals surface area (Å²) in [4.78, 5) is 13.7. The van der Waals surface area contributed by atoms with Gasteiger partial charge in [0.05, 0.1) is 12.7 Å². The van der Waals surface area contributed by atoms with Crippen molar-refractivity contribution in [3.8, 4) is 0 Å². The molecule has 0 saturated carbocycles. The first-order valence-electron chi connectivity index (χ1n) is 7.50. The van der Waals surface area contributed by atoms with Crippen LogP contribution in [0.3, 0.4) is 0 Å². The molecule has 0 aromatic heterocycles. The van der Waals surface area contributed by atoms with Crippen LogP contribution in [0, 0.1) is 0 Å². The van der Waals surface area contributed by atoms with Gasteiger partial charge < -0.3 is 20.5 Å². The highest BCUT2D eigenvalue weighted by Gasteiger charge is 2.27. The van der Waals surface area contributed by atoms with Crippen LogP contribution in [-0.2, 0) is 16.1 Å². The van der Waals surface area contributed by atoms with E-state index in [0.717, 1.165) is 5.56 Å². The maximum Gasteiger partial charge on any atom is 0.222 e. The van der Waals surface area contributed by atoms with Gasteiger partial charge in [0.25, 0.3) is 0 Å². The lowest BCUT2D eigenvalue weighted by atomic mass is 10.0. The van der Waals surface area contributed by atoms with Gasteiger partial charge in [-0.3, -0.25) is 4.79 Å². The van der Waals surface area contributed by atoms with Crippen LogP contribution in [0.2, 0.25) is 0 Å². The zero-order chi connectivity index (χ0) is 15.1. The van der Waals surface area contributed by atoms with Crippen LogP contribution in [0.4, 0.5) is 0 Å². The van der Waals surface area contributed by atoms with Gasteiger partial charge in [0.15, 0.2) is 0 Å². The molecule has 1 heterocycles. The Balaban J connectivity index is 1.59. The number of aliphatic hydroxyl groups excluding tert-OH is 1. The van der Waals surface area contributed by atoms with Gasteiger partial charge in [-0.1, -0.05) is 30.3 Å². The zero-order valence-electron chi connectivity index (χ0n) is 12.3. The Bertz CT molecular complexity index is 438. The van der Waals surface area contributed by atoms with Gasteiger partial charge in [0, 0.05) is 32.2 Å². The Labute approximate surface area is 125 Å². The Morgan fingerprint density at radius 2 is 2.14 bits per heavy atom. The zero-order valence-corrected chi connectivity index (χ0v) is 12.3. The summed E-state index contributed by atoms with van der Waals surface area (Å²) in [5, 5.41) is 9.69. The Morgan fingerprint density at radius 1 is 1.38 bits per heavy atom. The Morgan fingerprint density at radius 3 is 2.86 bits per heavy atom. The van der Waals surface area contributed by atoms with Crippen molar-refractivity contribution in [2.24, 2.45) is 5.73 Å². The Kier molecular flexibility index (Phi) is 6.17. The molecule has 21 heavy (non-hydrogen) atoms. The number of aliphatic hydroxyl groups is 1. The average molecular weight is 292 g/mol. The van der Waals surface area contributed by atoms with Gasteiger partial charge in [-0.15, -0.1) is 0 Å². The van der Waals surface area contributed by atoms with Crippen LogP contribution in [0.15, 0.2) is 30.3 Å². The lowest BCUT2D eigenvalue weighted by molar-refractivity contribution is -0.135. The number of ether oxygens (including phenoxy) is 1. The molecule has 1 aliphatic rings. The molecule has 2 atom stereocenters. The molecule has 3 N–H and O–H groups in total. The number of piperidine rings is 1. The van der Waals surface area contributed by atoms with Crippen molar-refractivity contribution in [2.75, 3.05) is 19.7 Å². The highest BCUT2D eigenvalue weighted by atomic mass is 16.5. The number of amides is 1. The number of benzene rings is 1. The topological polar surface area (TPSA) is 75.8 Å². The summed E-state index contributed by atoms with van der Waals surface area (Å²) in [5.74, 6) is 0.0734. The van der Waals surface area contributed by atoms with E-state index in [1.807, 2.05) is 30.3 Å². The van der Waals surface area contributed by atoms with Crippen LogP contribution in [0.1, 0.15) is 24.8 Å². The van der Waals surface area contributed by atoms with Gasteiger partial charge in [0.2, 0.25) is 5.91 Å². The first kappa shape index (κ1) is 15.9. The fourth-order valence-electron chi connectivity index (χ4n) is 2.42. The predicted octanol–water partition coefficient (Wildman–Crippen LogP) is 0.904. The van der Waals surface area contributed by atoms with Gasteiger partial charge in [-0.05, 0) is 18.4 Å². The van der Waals surface area contributed by atoms with E-state index in [9.17, 15) is 9.90 Å². The number of hydrogen-bond acceptors (Lipinski definition) is 4. The van der Waals surface area contributed by atoms with Crippen LogP contribution < -0.4 is 5.73 Å². The van der Waals surface area contributed by atoms with Crippen LogP contribution >= 0.6 is 0 Å². The SMILES string of the molecule is N[C@@H]1CCN(C(=O)CCCOCc2ccccc2)C[C@H]1O. The maximum atomic E-state index is 12.0. The average Bonchev–Trinajstić information content (AvgIpc) is 2.50. The second kappa shape index (κ2) is 8.12. The van der Waals surface area contributed by atoms with E-state index < -0.39 is 6.10 Å². The molecule has 1 aromatic rings. The minimum atomic E-state index is -0.600. The lowest BCUT2D eigenvalue weighted by Crippen LogP contribution is -2.52. The third-order valence-corrected chi connectivity index (χ3v) is 3.78. The van der Waals surface area contributed by atoms with Gasteiger partial charge in [0.1, 0.15) is 0 Å². The maximum absolute atomic E-state index is 12.0. The number of likely N-dealkylation sites (tertiary alicyclic amines) is 1. The van der Waals surface area contributed by atoms with E-state index in [1.54, 1.807) is 4.90 Å². The molecule has 1 amide bonds. The number of β-amino-alcohol motifs (C(OH)–C–C–N with tert-alkyl or cyclic N) is 1. The summed E-state index contributed by atoms with van der Waals surface area (Å²) in [6, 6.07) is 9.76. The molecule has 5 nitrogen and oxygen atoms in total. The van der Waals surface area contributed by atoms with Crippen molar-refractivity contribution < 1.29 is 14.6 Å². The van der Waals surface area contributed by atoms with Gasteiger partial charge in [-0.25, -0.2) is 0 Å². The van der Waals surface area contributed by atoms with E-state index >= 15 is 0 Å². The van der Waals surface area contributed by atoms with Crippen molar-refractivity contribution in [1.82, 2.24) is 4.90 Å². The van der Waals surface area contributed by atoms with Crippen LogP contribution in [0.5, 0.6) is 0 Å². The third-order valence-electron chi connectivity index (χ3n) is 3.78. The molecular weight excluding hydrogens is 268 g/mol. The van der Waals surface area contributed by atoms with Crippen LogP contribution in [0.25, 0.3) is 0 Å². The summed E-state index contributed by atoms with van der Waals surface area (Å²) >= 11 is 0. The quantitative estimate of drug-likeness (QED) is 0.764. The molecule has 0 radical (unpaired) electrons. The molecule has 5 heteroatoms. The minimum absolute atomic E-state index is 0.0734. The molecule has 1 aromatic carbocycles. The molecule has 0 aliphatic carbocycles. The molecule has 2 rings (SSSR count). The molecule has 1 fully saturated rings. The molecule has 0 bridgehead atoms. The molecule has 116 valence electrons. The van der Waals surface area contributed by atoms with Crippen molar-refractivity contribution in [3.05, 3.63) is 35.9 Å². The molecule has 0 unspecified atom stereocenters. The van der Waals surface area contributed by atoms with Crippen molar-refractivity contribution >= 4 is 5.91 Å². The van der Waals surface area contributed by atoms with E-state index in [2.05, 4.69) is 0 Å². The van der Waals surface area contributed by atoms with E-state index in [0.29, 0.717) is 45.6 Å². The first-order chi connectivity index (χ1) is 10.2. The summed E-state index contributed by atoms with van der Waals surface area (Å²) in [6.45, 7) is 2.13. The first-order valence-corrected chi connectivity index (χ1v) is 7.50. The Hall–Kier alpha value is -1.43. The normalized spacial score (nSPS) is 22.3. The number of carbonyl (C=O) groups is 1. The standard InChI is InChI=1S/C16H24N2O3/c17-14-8-9-18(11-15(14)19)16(20)7-4-10-21-12-13-5-2-1-3-6-13/h1-3,5-6,14-15,19H,4,7-12,17H2/t14-,15-/m1/s1. The fourth-order valence-corrected chi connectivity index (χ4v) is 2.42. The minimum Gasteiger partial charge on any atom is -0.390 e. The molecule has 1 saturated heterocycles. The van der Waals surface area contributed by atoms with Crippen molar-refractivity contribution in [2.45, 2.75) is 38.0 Å². The fraction of sp³-hybridized carbons (Fsp3) is 0.562. The largest absolute Gasteiger partial charge is 0.390 e. The van der Waals surface area contributed by atoms with E-state index in [-0.39, 0.29) is 11.9 Å². The number of carbonyl (C=O) groups excluding carboxylic acids is 1. The lowest BCUT2D eigenvalue weighted by Gasteiger charge is -2.34. The number of nitrogens with two attached hydrogens (primary N) is 1. The molecule has 0 spiro atoms. The van der Waals surface area contributed by atoms with Crippen molar-refractivity contribution in [1.29, 1.82) is 0 Å². The van der Waals surface area contributed by atoms with Crippen molar-refractivity contribution in [3.63, 3.8) is 0 Å². The van der Waals surface area contributed by atoms with E-state index in [1.165, 1.54) is 0 Å². The second-order valence-corrected chi connectivity index (χ2v) is 5.50. The molecular formula is C16H24N2O3. The van der Waals surface area contributed by atoms with Gasteiger partial charge >= 0.3 is 0 Å². The summed E-state index contributed by atoms with van der Waals surface area (Å²) in [5.41, 5.74) is 6.86. The van der Waals surface area contributed by atoms with Gasteiger partial charge in [-0.2, -0.15) is 0 Å². The number of nitrogens with zero attached hydrogens (tertiary/aromatic N) is 1. The van der Waals surface area contributed by atoms with Crippen LogP contribution in [-0.4, -0.2) is 47.8 Å². The second-order valence-electron chi connectivity index (χ2n) is 5.50. The van der Waals surface area contributed by atoms with E-state index in [4.69, 9.17) is 10.5 Å². The smallest absolute Gasteiger partial charge is 0.222 e. The predicted molar refractivity (Wildman–Crippen MR) is 80.5 cm³/mol.